The van der Waals surface area contributed by atoms with Crippen molar-refractivity contribution in [3.8, 4) is 11.5 Å². The molecule has 1 aliphatic rings. The summed E-state index contributed by atoms with van der Waals surface area (Å²) in [6.07, 6.45) is 6.77. The standard InChI is InChI=1S/C19H27NO4/c1-3-4-5-12-24-17-8-6-16(15-18(17)22-2)7-9-19(21)20-10-13-23-14-11-20/h6-9,15H,3-5,10-14H2,1-2H3. The normalized spacial score (nSPS) is 14.8. The quantitative estimate of drug-likeness (QED) is 0.542. The first-order valence-corrected chi connectivity index (χ1v) is 8.60. The Morgan fingerprint density at radius 3 is 2.75 bits per heavy atom. The molecule has 0 radical (unpaired) electrons. The first-order valence-electron chi connectivity index (χ1n) is 8.60. The third-order valence-electron chi connectivity index (χ3n) is 3.93. The summed E-state index contributed by atoms with van der Waals surface area (Å²) >= 11 is 0. The van der Waals surface area contributed by atoms with Crippen molar-refractivity contribution in [3.63, 3.8) is 0 Å². The van der Waals surface area contributed by atoms with Crippen molar-refractivity contribution < 1.29 is 19.0 Å². The Balaban J connectivity index is 1.95. The summed E-state index contributed by atoms with van der Waals surface area (Å²) in [4.78, 5) is 13.9. The fourth-order valence-electron chi connectivity index (χ4n) is 2.50. The van der Waals surface area contributed by atoms with Gasteiger partial charge in [-0.25, -0.2) is 0 Å². The molecule has 1 fully saturated rings. The maximum atomic E-state index is 12.1. The molecule has 0 unspecified atom stereocenters. The zero-order chi connectivity index (χ0) is 17.2. The Hall–Kier alpha value is -2.01. The number of hydrogen-bond acceptors (Lipinski definition) is 4. The molecular formula is C19H27NO4. The highest BCUT2D eigenvalue weighted by atomic mass is 16.5. The fraction of sp³-hybridized carbons (Fsp3) is 0.526. The van der Waals surface area contributed by atoms with Gasteiger partial charge in [-0.3, -0.25) is 4.79 Å². The minimum absolute atomic E-state index is 0.0113. The number of rotatable bonds is 8. The van der Waals surface area contributed by atoms with Gasteiger partial charge in [0, 0.05) is 19.2 Å². The third kappa shape index (κ3) is 5.57. The summed E-state index contributed by atoms with van der Waals surface area (Å²) in [5.74, 6) is 1.44. The highest BCUT2D eigenvalue weighted by Crippen LogP contribution is 2.28. The molecule has 0 spiro atoms. The van der Waals surface area contributed by atoms with Crippen LogP contribution in [0.3, 0.4) is 0 Å². The van der Waals surface area contributed by atoms with Crippen molar-refractivity contribution in [2.24, 2.45) is 0 Å². The van der Waals surface area contributed by atoms with Crippen molar-refractivity contribution in [1.29, 1.82) is 0 Å². The molecule has 0 aromatic heterocycles. The number of hydrogen-bond donors (Lipinski definition) is 0. The van der Waals surface area contributed by atoms with Crippen LogP contribution < -0.4 is 9.47 Å². The summed E-state index contributed by atoms with van der Waals surface area (Å²) in [6, 6.07) is 5.71. The van der Waals surface area contributed by atoms with Gasteiger partial charge in [-0.15, -0.1) is 0 Å². The van der Waals surface area contributed by atoms with E-state index in [1.54, 1.807) is 24.2 Å². The number of unbranched alkanes of at least 4 members (excludes halogenated alkanes) is 2. The fourth-order valence-corrected chi connectivity index (χ4v) is 2.50. The molecule has 1 aliphatic heterocycles. The van der Waals surface area contributed by atoms with Gasteiger partial charge in [-0.2, -0.15) is 0 Å². The van der Waals surface area contributed by atoms with Gasteiger partial charge in [0.1, 0.15) is 0 Å². The molecule has 0 saturated carbocycles. The molecule has 0 bridgehead atoms. The topological polar surface area (TPSA) is 48.0 Å². The SMILES string of the molecule is CCCCCOc1ccc(C=CC(=O)N2CCOCC2)cc1OC. The number of morpholine rings is 1. The van der Waals surface area contributed by atoms with Crippen LogP contribution in [-0.2, 0) is 9.53 Å². The molecule has 1 aromatic carbocycles. The smallest absolute Gasteiger partial charge is 0.246 e. The van der Waals surface area contributed by atoms with E-state index in [-0.39, 0.29) is 5.91 Å². The van der Waals surface area contributed by atoms with Crippen LogP contribution in [0.15, 0.2) is 24.3 Å². The molecule has 0 N–H and O–H groups in total. The average Bonchev–Trinajstić information content (AvgIpc) is 2.64. The molecule has 1 aromatic rings. The van der Waals surface area contributed by atoms with E-state index in [2.05, 4.69) is 6.92 Å². The maximum absolute atomic E-state index is 12.1. The molecule has 5 nitrogen and oxygen atoms in total. The molecule has 2 rings (SSSR count). The van der Waals surface area contributed by atoms with Crippen LogP contribution in [0.4, 0.5) is 0 Å². The van der Waals surface area contributed by atoms with E-state index in [4.69, 9.17) is 14.2 Å². The van der Waals surface area contributed by atoms with E-state index in [1.807, 2.05) is 18.2 Å². The molecule has 1 heterocycles. The van der Waals surface area contributed by atoms with Crippen LogP contribution in [0, 0.1) is 0 Å². The second-order valence-electron chi connectivity index (χ2n) is 5.74. The van der Waals surface area contributed by atoms with Gasteiger partial charge in [0.2, 0.25) is 5.91 Å². The van der Waals surface area contributed by atoms with Gasteiger partial charge in [0.15, 0.2) is 11.5 Å². The van der Waals surface area contributed by atoms with E-state index < -0.39 is 0 Å². The van der Waals surface area contributed by atoms with Gasteiger partial charge in [0.05, 0.1) is 26.9 Å². The number of amides is 1. The zero-order valence-electron chi connectivity index (χ0n) is 14.6. The molecule has 1 amide bonds. The van der Waals surface area contributed by atoms with Crippen LogP contribution in [-0.4, -0.2) is 50.8 Å². The Morgan fingerprint density at radius 2 is 2.04 bits per heavy atom. The highest BCUT2D eigenvalue weighted by Gasteiger charge is 2.14. The zero-order valence-corrected chi connectivity index (χ0v) is 14.6. The number of ether oxygens (including phenoxy) is 3. The molecule has 1 saturated heterocycles. The van der Waals surface area contributed by atoms with E-state index in [0.717, 1.165) is 24.2 Å². The minimum Gasteiger partial charge on any atom is -0.493 e. The summed E-state index contributed by atoms with van der Waals surface area (Å²) in [5, 5.41) is 0. The Kier molecular flexibility index (Phi) is 7.62. The first-order chi connectivity index (χ1) is 11.7. The predicted octanol–water partition coefficient (Wildman–Crippen LogP) is 3.14. The summed E-state index contributed by atoms with van der Waals surface area (Å²) in [5.41, 5.74) is 0.911. The maximum Gasteiger partial charge on any atom is 0.246 e. The number of carbonyl (C=O) groups excluding carboxylic acids is 1. The second kappa shape index (κ2) is 9.98. The van der Waals surface area contributed by atoms with Crippen molar-refractivity contribution >= 4 is 12.0 Å². The van der Waals surface area contributed by atoms with Crippen LogP contribution in [0.5, 0.6) is 11.5 Å². The Morgan fingerprint density at radius 1 is 1.25 bits per heavy atom. The van der Waals surface area contributed by atoms with Gasteiger partial charge in [-0.1, -0.05) is 25.8 Å². The molecule has 132 valence electrons. The van der Waals surface area contributed by atoms with Crippen LogP contribution >= 0.6 is 0 Å². The van der Waals surface area contributed by atoms with Gasteiger partial charge in [-0.05, 0) is 30.2 Å². The second-order valence-corrected chi connectivity index (χ2v) is 5.74. The molecule has 24 heavy (non-hydrogen) atoms. The third-order valence-corrected chi connectivity index (χ3v) is 3.93. The van der Waals surface area contributed by atoms with Gasteiger partial charge in [0.25, 0.3) is 0 Å². The predicted molar refractivity (Wildman–Crippen MR) is 94.4 cm³/mol. The van der Waals surface area contributed by atoms with Gasteiger partial charge >= 0.3 is 0 Å². The monoisotopic (exact) mass is 333 g/mol. The number of methoxy groups -OCH3 is 1. The minimum atomic E-state index is 0.0113. The molecular weight excluding hydrogens is 306 g/mol. The highest BCUT2D eigenvalue weighted by molar-refractivity contribution is 5.91. The average molecular weight is 333 g/mol. The lowest BCUT2D eigenvalue weighted by Crippen LogP contribution is -2.39. The summed E-state index contributed by atoms with van der Waals surface area (Å²) < 4.78 is 16.4. The molecule has 0 aliphatic carbocycles. The Labute approximate surface area is 144 Å². The van der Waals surface area contributed by atoms with Crippen LogP contribution in [0.25, 0.3) is 6.08 Å². The van der Waals surface area contributed by atoms with Crippen LogP contribution in [0.2, 0.25) is 0 Å². The first kappa shape index (κ1) is 18.3. The largest absolute Gasteiger partial charge is 0.493 e. The molecule has 0 atom stereocenters. The van der Waals surface area contributed by atoms with E-state index in [0.29, 0.717) is 38.7 Å². The van der Waals surface area contributed by atoms with Gasteiger partial charge < -0.3 is 19.1 Å². The summed E-state index contributed by atoms with van der Waals surface area (Å²) in [6.45, 7) is 5.37. The van der Waals surface area contributed by atoms with E-state index in [9.17, 15) is 4.79 Å². The summed E-state index contributed by atoms with van der Waals surface area (Å²) in [7, 11) is 1.63. The lowest BCUT2D eigenvalue weighted by atomic mass is 10.2. The van der Waals surface area contributed by atoms with Crippen LogP contribution in [0.1, 0.15) is 31.7 Å². The number of benzene rings is 1. The van der Waals surface area contributed by atoms with Crippen molar-refractivity contribution in [2.45, 2.75) is 26.2 Å². The number of nitrogens with zero attached hydrogens (tertiary/aromatic N) is 1. The Bertz CT molecular complexity index is 550. The van der Waals surface area contributed by atoms with E-state index in [1.165, 1.54) is 6.42 Å². The molecule has 5 heteroatoms. The van der Waals surface area contributed by atoms with Crippen molar-refractivity contribution in [1.82, 2.24) is 4.90 Å². The van der Waals surface area contributed by atoms with Crippen molar-refractivity contribution in [2.75, 3.05) is 40.0 Å². The van der Waals surface area contributed by atoms with E-state index >= 15 is 0 Å². The number of carbonyl (C=O) groups is 1. The lowest BCUT2D eigenvalue weighted by molar-refractivity contribution is -0.129. The lowest BCUT2D eigenvalue weighted by Gasteiger charge is -2.25. The van der Waals surface area contributed by atoms with Crippen molar-refractivity contribution in [3.05, 3.63) is 29.8 Å².